The molecule has 0 saturated carbocycles. The Labute approximate surface area is 139 Å². The molecule has 1 atom stereocenters. The number of aromatic nitrogens is 3. The van der Waals surface area contributed by atoms with Crippen molar-refractivity contribution in [1.29, 1.82) is 0 Å². The van der Waals surface area contributed by atoms with E-state index < -0.39 is 23.8 Å². The Morgan fingerprint density at radius 3 is 2.48 bits per heavy atom. The minimum atomic E-state index is -4.59. The van der Waals surface area contributed by atoms with E-state index in [2.05, 4.69) is 31.3 Å². The van der Waals surface area contributed by atoms with Crippen LogP contribution in [0.15, 0.2) is 22.8 Å². The van der Waals surface area contributed by atoms with Gasteiger partial charge in [-0.25, -0.2) is 4.98 Å². The summed E-state index contributed by atoms with van der Waals surface area (Å²) in [7, 11) is 0. The van der Waals surface area contributed by atoms with Crippen LogP contribution in [0.5, 0.6) is 0 Å². The van der Waals surface area contributed by atoms with E-state index in [-0.39, 0.29) is 10.2 Å². The maximum atomic E-state index is 12.9. The fourth-order valence-electron chi connectivity index (χ4n) is 1.94. The second kappa shape index (κ2) is 6.31. The number of rotatable bonds is 3. The molecular weight excluding hydrogens is 377 g/mol. The highest BCUT2D eigenvalue weighted by atomic mass is 79.9. The Morgan fingerprint density at radius 1 is 1.35 bits per heavy atom. The van der Waals surface area contributed by atoms with E-state index in [1.165, 1.54) is 13.8 Å². The zero-order valence-electron chi connectivity index (χ0n) is 12.6. The van der Waals surface area contributed by atoms with Gasteiger partial charge in [0, 0.05) is 6.20 Å². The average Bonchev–Trinajstić information content (AvgIpc) is 2.77. The topological polar surface area (TPSA) is 59.8 Å². The Kier molecular flexibility index (Phi) is 4.79. The molecule has 1 N–H and O–H groups in total. The number of nitrogens with one attached hydrogen (secondary N) is 1. The maximum absolute atomic E-state index is 12.9. The lowest BCUT2D eigenvalue weighted by molar-refractivity contribution is -0.142. The number of anilines is 1. The van der Waals surface area contributed by atoms with Crippen molar-refractivity contribution in [2.24, 2.45) is 0 Å². The van der Waals surface area contributed by atoms with Gasteiger partial charge in [0.05, 0.1) is 10.2 Å². The summed E-state index contributed by atoms with van der Waals surface area (Å²) in [5.74, 6) is -0.180. The molecule has 124 valence electrons. The summed E-state index contributed by atoms with van der Waals surface area (Å²) < 4.78 is 39.5. The number of amides is 1. The van der Waals surface area contributed by atoms with Crippen LogP contribution in [0.4, 0.5) is 19.0 Å². The lowest BCUT2D eigenvalue weighted by Gasteiger charge is -2.14. The Morgan fingerprint density at radius 2 is 2.00 bits per heavy atom. The molecule has 0 aliphatic rings. The summed E-state index contributed by atoms with van der Waals surface area (Å²) >= 11 is 2.88. The first-order valence-electron chi connectivity index (χ1n) is 6.66. The number of pyridine rings is 1. The molecule has 0 aliphatic carbocycles. The standard InChI is InChI=1S/C14H14BrF3N4O/c1-7-4-5-10(19-6-7)20-13(23)9(3)22-8(2)11(15)12(21-22)14(16,17)18/h4-6,9H,1-3H3,(H,19,20,23). The normalized spacial score (nSPS) is 13.0. The molecule has 0 bridgehead atoms. The lowest BCUT2D eigenvalue weighted by atomic mass is 10.3. The van der Waals surface area contributed by atoms with E-state index in [4.69, 9.17) is 0 Å². The second-order valence-corrected chi connectivity index (χ2v) is 5.87. The molecule has 0 aliphatic heterocycles. The molecule has 5 nitrogen and oxygen atoms in total. The SMILES string of the molecule is Cc1ccc(NC(=O)C(C)n2nc(C(F)(F)F)c(Br)c2C)nc1. The maximum Gasteiger partial charge on any atom is 0.436 e. The van der Waals surface area contributed by atoms with Crippen LogP contribution in [0.3, 0.4) is 0 Å². The van der Waals surface area contributed by atoms with Gasteiger partial charge in [0.2, 0.25) is 5.91 Å². The molecule has 2 aromatic rings. The smallest absolute Gasteiger partial charge is 0.309 e. The molecule has 0 spiro atoms. The van der Waals surface area contributed by atoms with E-state index in [1.807, 2.05) is 6.92 Å². The molecule has 23 heavy (non-hydrogen) atoms. The first kappa shape index (κ1) is 17.5. The second-order valence-electron chi connectivity index (χ2n) is 5.08. The summed E-state index contributed by atoms with van der Waals surface area (Å²) in [5.41, 5.74) is 0.0951. The van der Waals surface area contributed by atoms with Crippen LogP contribution in [0.25, 0.3) is 0 Å². The van der Waals surface area contributed by atoms with Crippen molar-refractivity contribution in [1.82, 2.24) is 14.8 Å². The van der Waals surface area contributed by atoms with Crippen molar-refractivity contribution < 1.29 is 18.0 Å². The molecular formula is C14H14BrF3N4O. The molecule has 2 aromatic heterocycles. The largest absolute Gasteiger partial charge is 0.436 e. The lowest BCUT2D eigenvalue weighted by Crippen LogP contribution is -2.26. The zero-order chi connectivity index (χ0) is 17.4. The van der Waals surface area contributed by atoms with Crippen LogP contribution in [0.2, 0.25) is 0 Å². The number of alkyl halides is 3. The van der Waals surface area contributed by atoms with Crippen molar-refractivity contribution in [2.45, 2.75) is 33.0 Å². The molecule has 0 fully saturated rings. The Bertz CT molecular complexity index is 725. The molecule has 2 rings (SSSR count). The monoisotopic (exact) mass is 390 g/mol. The van der Waals surface area contributed by atoms with E-state index in [9.17, 15) is 18.0 Å². The molecule has 0 radical (unpaired) electrons. The van der Waals surface area contributed by atoms with Crippen molar-refractivity contribution in [3.05, 3.63) is 39.8 Å². The summed E-state index contributed by atoms with van der Waals surface area (Å²) in [6, 6.07) is 2.46. The third-order valence-corrected chi connectivity index (χ3v) is 4.20. The van der Waals surface area contributed by atoms with Gasteiger partial charge in [-0.3, -0.25) is 9.48 Å². The van der Waals surface area contributed by atoms with Crippen molar-refractivity contribution >= 4 is 27.7 Å². The highest BCUT2D eigenvalue weighted by Gasteiger charge is 2.38. The summed E-state index contributed by atoms with van der Waals surface area (Å²) in [6.45, 7) is 4.78. The number of carbonyl (C=O) groups is 1. The summed E-state index contributed by atoms with van der Waals surface area (Å²) in [6.07, 6.45) is -3.01. The van der Waals surface area contributed by atoms with Crippen LogP contribution in [-0.2, 0) is 11.0 Å². The summed E-state index contributed by atoms with van der Waals surface area (Å²) in [5, 5.41) is 6.08. The number of carbonyl (C=O) groups excluding carboxylic acids is 1. The Hall–Kier alpha value is -1.90. The molecule has 2 heterocycles. The van der Waals surface area contributed by atoms with Crippen molar-refractivity contribution in [3.8, 4) is 0 Å². The first-order chi connectivity index (χ1) is 10.6. The Balaban J connectivity index is 2.24. The first-order valence-corrected chi connectivity index (χ1v) is 7.46. The van der Waals surface area contributed by atoms with Crippen LogP contribution >= 0.6 is 15.9 Å². The fraction of sp³-hybridized carbons (Fsp3) is 0.357. The van der Waals surface area contributed by atoms with Crippen LogP contribution in [0, 0.1) is 13.8 Å². The van der Waals surface area contributed by atoms with E-state index >= 15 is 0 Å². The number of hydrogen-bond donors (Lipinski definition) is 1. The average molecular weight is 391 g/mol. The third kappa shape index (κ3) is 3.72. The minimum absolute atomic E-state index is 0.168. The molecule has 1 unspecified atom stereocenters. The minimum Gasteiger partial charge on any atom is -0.309 e. The summed E-state index contributed by atoms with van der Waals surface area (Å²) in [4.78, 5) is 16.2. The van der Waals surface area contributed by atoms with Gasteiger partial charge < -0.3 is 5.32 Å². The number of halogens is 4. The van der Waals surface area contributed by atoms with Gasteiger partial charge in [0.1, 0.15) is 11.9 Å². The van der Waals surface area contributed by atoms with Gasteiger partial charge in [0.15, 0.2) is 5.69 Å². The molecule has 1 amide bonds. The third-order valence-electron chi connectivity index (χ3n) is 3.25. The molecule has 0 aromatic carbocycles. The predicted octanol–water partition coefficient (Wildman–Crippen LogP) is 3.88. The van der Waals surface area contributed by atoms with Gasteiger partial charge in [-0.1, -0.05) is 6.07 Å². The van der Waals surface area contributed by atoms with E-state index in [0.29, 0.717) is 5.82 Å². The van der Waals surface area contributed by atoms with E-state index in [1.54, 1.807) is 18.3 Å². The highest BCUT2D eigenvalue weighted by molar-refractivity contribution is 9.10. The van der Waals surface area contributed by atoms with Gasteiger partial charge >= 0.3 is 6.18 Å². The number of aryl methyl sites for hydroxylation is 1. The predicted molar refractivity (Wildman–Crippen MR) is 82.0 cm³/mol. The highest BCUT2D eigenvalue weighted by Crippen LogP contribution is 2.36. The van der Waals surface area contributed by atoms with E-state index in [0.717, 1.165) is 10.2 Å². The van der Waals surface area contributed by atoms with Crippen LogP contribution in [-0.4, -0.2) is 20.7 Å². The molecule has 9 heteroatoms. The van der Waals surface area contributed by atoms with Gasteiger partial charge in [0.25, 0.3) is 0 Å². The van der Waals surface area contributed by atoms with Crippen LogP contribution in [0.1, 0.15) is 29.9 Å². The quantitative estimate of drug-likeness (QED) is 0.864. The van der Waals surface area contributed by atoms with Crippen LogP contribution < -0.4 is 5.32 Å². The van der Waals surface area contributed by atoms with Gasteiger partial charge in [-0.05, 0) is 48.3 Å². The van der Waals surface area contributed by atoms with Crippen molar-refractivity contribution in [3.63, 3.8) is 0 Å². The van der Waals surface area contributed by atoms with Gasteiger partial charge in [-0.15, -0.1) is 0 Å². The fourth-order valence-corrected chi connectivity index (χ4v) is 2.43. The number of hydrogen-bond acceptors (Lipinski definition) is 3. The van der Waals surface area contributed by atoms with Crippen molar-refractivity contribution in [2.75, 3.05) is 5.32 Å². The van der Waals surface area contributed by atoms with Gasteiger partial charge in [-0.2, -0.15) is 18.3 Å². The number of nitrogens with zero attached hydrogens (tertiary/aromatic N) is 3. The zero-order valence-corrected chi connectivity index (χ0v) is 14.2. The molecule has 0 saturated heterocycles.